The summed E-state index contributed by atoms with van der Waals surface area (Å²) in [4.78, 5) is 0. The third-order valence-electron chi connectivity index (χ3n) is 1.74. The quantitative estimate of drug-likeness (QED) is 0.283. The van der Waals surface area contributed by atoms with Gasteiger partial charge in [-0.15, -0.1) is 0 Å². The van der Waals surface area contributed by atoms with Crippen molar-refractivity contribution >= 4 is 0 Å². The van der Waals surface area contributed by atoms with Crippen molar-refractivity contribution in [3.8, 4) is 0 Å². The summed E-state index contributed by atoms with van der Waals surface area (Å²) in [5.41, 5.74) is -1.17. The van der Waals surface area contributed by atoms with Gasteiger partial charge in [-0.25, -0.2) is 0 Å². The predicted molar refractivity (Wildman–Crippen MR) is 42.7 cm³/mol. The molecule has 6 nitrogen and oxygen atoms in total. The molecule has 5 N–H and O–H groups in total. The van der Waals surface area contributed by atoms with E-state index < -0.39 is 38.1 Å². The van der Waals surface area contributed by atoms with Crippen LogP contribution in [-0.2, 0) is 4.74 Å². The SMILES string of the molecule is OCC(O)OCC(CO)(CO)CO. The molecule has 0 aliphatic carbocycles. The van der Waals surface area contributed by atoms with Crippen LogP contribution >= 0.6 is 0 Å². The summed E-state index contributed by atoms with van der Waals surface area (Å²) in [6, 6.07) is 0. The van der Waals surface area contributed by atoms with Crippen LogP contribution in [0.15, 0.2) is 0 Å². The van der Waals surface area contributed by atoms with E-state index in [0.29, 0.717) is 0 Å². The highest BCUT2D eigenvalue weighted by atomic mass is 16.6. The third-order valence-corrected chi connectivity index (χ3v) is 1.74. The average molecular weight is 196 g/mol. The van der Waals surface area contributed by atoms with E-state index in [0.717, 1.165) is 0 Å². The summed E-state index contributed by atoms with van der Waals surface area (Å²) < 4.78 is 4.65. The first kappa shape index (κ1) is 12.8. The van der Waals surface area contributed by atoms with Crippen molar-refractivity contribution < 1.29 is 30.3 Å². The number of aliphatic hydroxyl groups excluding tert-OH is 5. The minimum Gasteiger partial charge on any atom is -0.396 e. The van der Waals surface area contributed by atoms with Crippen LogP contribution in [0.2, 0.25) is 0 Å². The molecule has 13 heavy (non-hydrogen) atoms. The van der Waals surface area contributed by atoms with E-state index in [2.05, 4.69) is 4.74 Å². The first-order valence-corrected chi connectivity index (χ1v) is 3.87. The number of hydrogen-bond donors (Lipinski definition) is 5. The van der Waals surface area contributed by atoms with Crippen LogP contribution in [0, 0.1) is 5.41 Å². The van der Waals surface area contributed by atoms with Crippen LogP contribution in [0.1, 0.15) is 0 Å². The summed E-state index contributed by atoms with van der Waals surface area (Å²) in [5.74, 6) is 0. The smallest absolute Gasteiger partial charge is 0.177 e. The van der Waals surface area contributed by atoms with Crippen molar-refractivity contribution in [1.82, 2.24) is 0 Å². The molecule has 0 aliphatic heterocycles. The monoisotopic (exact) mass is 196 g/mol. The Hall–Kier alpha value is -0.240. The van der Waals surface area contributed by atoms with E-state index in [1.807, 2.05) is 0 Å². The molecule has 0 amide bonds. The molecule has 0 aromatic carbocycles. The zero-order valence-corrected chi connectivity index (χ0v) is 7.26. The summed E-state index contributed by atoms with van der Waals surface area (Å²) in [7, 11) is 0. The lowest BCUT2D eigenvalue weighted by atomic mass is 9.93. The van der Waals surface area contributed by atoms with E-state index in [9.17, 15) is 0 Å². The van der Waals surface area contributed by atoms with Crippen molar-refractivity contribution in [3.05, 3.63) is 0 Å². The Labute approximate surface area is 76.0 Å². The van der Waals surface area contributed by atoms with Gasteiger partial charge < -0.3 is 30.3 Å². The Balaban J connectivity index is 3.95. The van der Waals surface area contributed by atoms with Crippen LogP contribution in [0.5, 0.6) is 0 Å². The summed E-state index contributed by atoms with van der Waals surface area (Å²) in [5, 5.41) is 43.6. The summed E-state index contributed by atoms with van der Waals surface area (Å²) in [6.07, 6.45) is -1.36. The highest BCUT2D eigenvalue weighted by Gasteiger charge is 2.29. The van der Waals surface area contributed by atoms with E-state index >= 15 is 0 Å². The molecule has 0 aliphatic rings. The lowest BCUT2D eigenvalue weighted by Crippen LogP contribution is -2.40. The Bertz CT molecular complexity index is 116. The molecule has 0 saturated heterocycles. The van der Waals surface area contributed by atoms with Crippen molar-refractivity contribution in [2.75, 3.05) is 33.0 Å². The highest BCUT2D eigenvalue weighted by Crippen LogP contribution is 2.15. The van der Waals surface area contributed by atoms with Gasteiger partial charge in [-0.3, -0.25) is 0 Å². The van der Waals surface area contributed by atoms with Crippen molar-refractivity contribution in [3.63, 3.8) is 0 Å². The van der Waals surface area contributed by atoms with E-state index in [-0.39, 0.29) is 6.61 Å². The molecular formula is C7H16O6. The Kier molecular flexibility index (Phi) is 6.13. The van der Waals surface area contributed by atoms with Gasteiger partial charge in [-0.2, -0.15) is 0 Å². The lowest BCUT2D eigenvalue weighted by Gasteiger charge is -2.27. The molecule has 0 fully saturated rings. The standard InChI is InChI=1S/C7H16O6/c8-1-6(12)13-5-7(2-9,3-10)4-11/h6,8-12H,1-5H2. The van der Waals surface area contributed by atoms with Gasteiger partial charge in [0, 0.05) is 0 Å². The average Bonchev–Trinajstić information content (AvgIpc) is 2.20. The second-order valence-corrected chi connectivity index (χ2v) is 2.92. The third kappa shape index (κ3) is 3.99. The molecule has 0 rings (SSSR count). The summed E-state index contributed by atoms with van der Waals surface area (Å²) >= 11 is 0. The fourth-order valence-electron chi connectivity index (χ4n) is 0.613. The largest absolute Gasteiger partial charge is 0.396 e. The minimum absolute atomic E-state index is 0.224. The van der Waals surface area contributed by atoms with Crippen LogP contribution in [0.4, 0.5) is 0 Å². The number of rotatable bonds is 7. The molecule has 0 heterocycles. The second kappa shape index (κ2) is 6.25. The molecule has 0 spiro atoms. The topological polar surface area (TPSA) is 110 Å². The van der Waals surface area contributed by atoms with Gasteiger partial charge in [-0.1, -0.05) is 0 Å². The molecule has 0 bridgehead atoms. The van der Waals surface area contributed by atoms with Gasteiger partial charge >= 0.3 is 0 Å². The van der Waals surface area contributed by atoms with Crippen molar-refractivity contribution in [2.45, 2.75) is 6.29 Å². The second-order valence-electron chi connectivity index (χ2n) is 2.92. The molecular weight excluding hydrogens is 180 g/mol. The van der Waals surface area contributed by atoms with Gasteiger partial charge in [0.25, 0.3) is 0 Å². The number of aliphatic hydroxyl groups is 5. The molecule has 1 atom stereocenters. The zero-order chi connectivity index (χ0) is 10.3. The Morgan fingerprint density at radius 2 is 1.46 bits per heavy atom. The van der Waals surface area contributed by atoms with Gasteiger partial charge in [0.15, 0.2) is 6.29 Å². The van der Waals surface area contributed by atoms with Crippen molar-refractivity contribution in [2.24, 2.45) is 5.41 Å². The summed E-state index contributed by atoms with van der Waals surface area (Å²) in [6.45, 7) is -2.18. The molecule has 0 aromatic heterocycles. The van der Waals surface area contributed by atoms with Crippen molar-refractivity contribution in [1.29, 1.82) is 0 Å². The number of hydrogen-bond acceptors (Lipinski definition) is 6. The normalized spacial score (nSPS) is 14.5. The lowest BCUT2D eigenvalue weighted by molar-refractivity contribution is -0.164. The maximum absolute atomic E-state index is 8.82. The van der Waals surface area contributed by atoms with Crippen LogP contribution in [0.3, 0.4) is 0 Å². The van der Waals surface area contributed by atoms with Gasteiger partial charge in [0.05, 0.1) is 38.4 Å². The minimum atomic E-state index is -1.36. The van der Waals surface area contributed by atoms with E-state index in [4.69, 9.17) is 25.5 Å². The van der Waals surface area contributed by atoms with Gasteiger partial charge in [-0.05, 0) is 0 Å². The number of ether oxygens (including phenoxy) is 1. The van der Waals surface area contributed by atoms with Gasteiger partial charge in [0.1, 0.15) is 0 Å². The van der Waals surface area contributed by atoms with Crippen LogP contribution < -0.4 is 0 Å². The van der Waals surface area contributed by atoms with E-state index in [1.54, 1.807) is 0 Å². The Morgan fingerprint density at radius 1 is 1.00 bits per heavy atom. The molecule has 0 radical (unpaired) electrons. The van der Waals surface area contributed by atoms with Crippen LogP contribution in [0.25, 0.3) is 0 Å². The Morgan fingerprint density at radius 3 is 1.77 bits per heavy atom. The fraction of sp³-hybridized carbons (Fsp3) is 1.00. The maximum atomic E-state index is 8.82. The molecule has 1 unspecified atom stereocenters. The van der Waals surface area contributed by atoms with Gasteiger partial charge in [0.2, 0.25) is 0 Å². The first-order chi connectivity index (χ1) is 6.14. The molecule has 0 saturated carbocycles. The molecule has 0 aromatic rings. The van der Waals surface area contributed by atoms with Crippen LogP contribution in [-0.4, -0.2) is 64.9 Å². The first-order valence-electron chi connectivity index (χ1n) is 3.87. The zero-order valence-electron chi connectivity index (χ0n) is 7.26. The predicted octanol–water partition coefficient (Wildman–Crippen LogP) is -2.72. The fourth-order valence-corrected chi connectivity index (χ4v) is 0.613. The highest BCUT2D eigenvalue weighted by molar-refractivity contribution is 4.76. The molecule has 6 heteroatoms. The maximum Gasteiger partial charge on any atom is 0.177 e. The van der Waals surface area contributed by atoms with E-state index in [1.165, 1.54) is 0 Å². The molecule has 80 valence electrons.